The van der Waals surface area contributed by atoms with Crippen molar-refractivity contribution in [3.8, 4) is 11.5 Å². The summed E-state index contributed by atoms with van der Waals surface area (Å²) in [5.41, 5.74) is 4.79. The summed E-state index contributed by atoms with van der Waals surface area (Å²) in [6.45, 7) is 16.1. The van der Waals surface area contributed by atoms with Gasteiger partial charge in [-0.2, -0.15) is 0 Å². The number of rotatable bonds is 12. The van der Waals surface area contributed by atoms with Gasteiger partial charge < -0.3 is 19.7 Å². The monoisotopic (exact) mass is 732 g/mol. The molecule has 2 aliphatic carbocycles. The third kappa shape index (κ3) is 9.74. The molecule has 6 rings (SSSR count). The molecule has 0 heterocycles. The molecule has 0 bridgehead atoms. The molecule has 54 heavy (non-hydrogen) atoms. The number of phenolic OH excluding ortho intramolecular Hbond substituents is 2. The lowest BCUT2D eigenvalue weighted by Gasteiger charge is -2.38. The lowest BCUT2D eigenvalue weighted by atomic mass is 9.72. The maximum atomic E-state index is 13.5. The van der Waals surface area contributed by atoms with E-state index in [1.54, 1.807) is 24.3 Å². The summed E-state index contributed by atoms with van der Waals surface area (Å²) in [6, 6.07) is 31.5. The fourth-order valence-electron chi connectivity index (χ4n) is 8.43. The van der Waals surface area contributed by atoms with Crippen LogP contribution in [0.1, 0.15) is 126 Å². The van der Waals surface area contributed by atoms with Gasteiger partial charge in [-0.25, -0.2) is 0 Å². The molecule has 0 fully saturated rings. The Morgan fingerprint density at radius 1 is 0.648 bits per heavy atom. The van der Waals surface area contributed by atoms with Gasteiger partial charge in [0.15, 0.2) is 0 Å². The highest BCUT2D eigenvalue weighted by Crippen LogP contribution is 2.43. The van der Waals surface area contributed by atoms with Crippen molar-refractivity contribution in [3.63, 3.8) is 0 Å². The number of carbonyl (C=O) groups excluding carboxylic acids is 2. The topological polar surface area (TPSA) is 93.1 Å². The first-order valence-electron chi connectivity index (χ1n) is 19.7. The Labute approximate surface area is 322 Å². The van der Waals surface area contributed by atoms with Crippen LogP contribution < -0.4 is 0 Å². The molecular weight excluding hydrogens is 673 g/mol. The van der Waals surface area contributed by atoms with Crippen molar-refractivity contribution in [2.75, 3.05) is 0 Å². The second-order valence-electron chi connectivity index (χ2n) is 17.3. The molecule has 0 amide bonds. The van der Waals surface area contributed by atoms with Crippen LogP contribution in [0.5, 0.6) is 11.5 Å². The van der Waals surface area contributed by atoms with Crippen molar-refractivity contribution in [1.29, 1.82) is 0 Å². The molecule has 4 aromatic carbocycles. The van der Waals surface area contributed by atoms with E-state index in [2.05, 4.69) is 38.1 Å². The van der Waals surface area contributed by atoms with Gasteiger partial charge in [-0.05, 0) is 130 Å². The summed E-state index contributed by atoms with van der Waals surface area (Å²) in [7, 11) is 0. The van der Waals surface area contributed by atoms with E-state index in [0.29, 0.717) is 36.2 Å². The molecule has 6 heteroatoms. The van der Waals surface area contributed by atoms with Crippen molar-refractivity contribution in [3.05, 3.63) is 130 Å². The predicted molar refractivity (Wildman–Crippen MR) is 216 cm³/mol. The van der Waals surface area contributed by atoms with Crippen LogP contribution >= 0.6 is 0 Å². The maximum Gasteiger partial charge on any atom is 0.312 e. The third-order valence-corrected chi connectivity index (χ3v) is 11.8. The van der Waals surface area contributed by atoms with Crippen LogP contribution in [0.4, 0.5) is 0 Å². The molecule has 0 saturated carbocycles. The van der Waals surface area contributed by atoms with E-state index < -0.39 is 22.0 Å². The van der Waals surface area contributed by atoms with Gasteiger partial charge in [0.1, 0.15) is 22.7 Å². The van der Waals surface area contributed by atoms with Gasteiger partial charge in [-0.15, -0.1) is 0 Å². The Bertz CT molecular complexity index is 1840. The van der Waals surface area contributed by atoms with Gasteiger partial charge in [0.2, 0.25) is 0 Å². The van der Waals surface area contributed by atoms with Crippen LogP contribution in [-0.2, 0) is 44.7 Å². The molecule has 0 saturated heterocycles. The number of hydrogen-bond acceptors (Lipinski definition) is 6. The first-order chi connectivity index (χ1) is 25.5. The van der Waals surface area contributed by atoms with Crippen molar-refractivity contribution < 1.29 is 29.3 Å². The van der Waals surface area contributed by atoms with E-state index in [1.165, 1.54) is 33.4 Å². The maximum absolute atomic E-state index is 13.5. The molecule has 3 atom stereocenters. The SMILES string of the molecule is CCC(C)(CC(C)(C)C(=O)OC1(C)Cc2ccccc2C1)C(=O)OC1(C)Cc2ccccc2C1.CCC(CC(C)c1ccc(O)cc1)c1ccc(O)cc1. The molecule has 4 aromatic rings. The fourth-order valence-corrected chi connectivity index (χ4v) is 8.43. The largest absolute Gasteiger partial charge is 0.508 e. The zero-order valence-corrected chi connectivity index (χ0v) is 33.6. The second kappa shape index (κ2) is 16.4. The highest BCUT2D eigenvalue weighted by Gasteiger charge is 2.48. The van der Waals surface area contributed by atoms with Crippen LogP contribution in [-0.4, -0.2) is 33.4 Å². The lowest BCUT2D eigenvalue weighted by Crippen LogP contribution is -2.44. The Kier molecular flexibility index (Phi) is 12.3. The van der Waals surface area contributed by atoms with Gasteiger partial charge in [0.05, 0.1) is 10.8 Å². The lowest BCUT2D eigenvalue weighted by molar-refractivity contribution is -0.177. The number of phenols is 2. The molecule has 0 aromatic heterocycles. The van der Waals surface area contributed by atoms with Crippen LogP contribution in [0.25, 0.3) is 0 Å². The van der Waals surface area contributed by atoms with Crippen LogP contribution in [0.2, 0.25) is 0 Å². The molecule has 0 spiro atoms. The number of fused-ring (bicyclic) bond motifs is 2. The predicted octanol–water partition coefficient (Wildman–Crippen LogP) is 10.8. The molecule has 6 nitrogen and oxygen atoms in total. The summed E-state index contributed by atoms with van der Waals surface area (Å²) >= 11 is 0. The number of esters is 2. The molecule has 2 aliphatic rings. The number of aromatic hydroxyl groups is 2. The Hall–Kier alpha value is -4.58. The molecule has 2 N–H and O–H groups in total. The normalized spacial score (nSPS) is 17.5. The van der Waals surface area contributed by atoms with Crippen LogP contribution in [0.3, 0.4) is 0 Å². The smallest absolute Gasteiger partial charge is 0.312 e. The molecule has 0 aliphatic heterocycles. The average Bonchev–Trinajstić information content (AvgIpc) is 3.66. The quantitative estimate of drug-likeness (QED) is 0.141. The number of ether oxygens (including phenoxy) is 2. The zero-order chi connectivity index (χ0) is 39.3. The van der Waals surface area contributed by atoms with Crippen molar-refractivity contribution in [2.45, 2.75) is 130 Å². The minimum atomic E-state index is -0.818. The minimum Gasteiger partial charge on any atom is -0.508 e. The first-order valence-corrected chi connectivity index (χ1v) is 19.7. The van der Waals surface area contributed by atoms with Crippen molar-refractivity contribution in [2.24, 2.45) is 10.8 Å². The van der Waals surface area contributed by atoms with Crippen molar-refractivity contribution in [1.82, 2.24) is 0 Å². The Morgan fingerprint density at radius 2 is 1.04 bits per heavy atom. The van der Waals surface area contributed by atoms with Gasteiger partial charge >= 0.3 is 11.9 Å². The Morgan fingerprint density at radius 3 is 1.43 bits per heavy atom. The standard InChI is InChI=1S/C30H38O4.C18H22O2/c1-7-28(4,26(32)34-30(6)18-23-14-10-11-15-24(23)19-30)20-27(2,3)25(31)33-29(5)16-21-12-8-9-13-22(21)17-29;1-3-14(16-6-10-18(20)11-7-16)12-13(2)15-4-8-17(19)9-5-15/h8-15H,7,16-20H2,1-6H3;4-11,13-14,19-20H,3,12H2,1-2H3. The number of benzene rings is 4. The van der Waals surface area contributed by atoms with E-state index in [9.17, 15) is 19.8 Å². The number of carbonyl (C=O) groups is 2. The van der Waals surface area contributed by atoms with Gasteiger partial charge in [0.25, 0.3) is 0 Å². The first kappa shape index (κ1) is 40.6. The highest BCUT2D eigenvalue weighted by molar-refractivity contribution is 5.81. The summed E-state index contributed by atoms with van der Waals surface area (Å²) < 4.78 is 12.3. The molecule has 0 radical (unpaired) electrons. The summed E-state index contributed by atoms with van der Waals surface area (Å²) in [5.74, 6) is 1.07. The number of hydrogen-bond donors (Lipinski definition) is 2. The van der Waals surface area contributed by atoms with Crippen LogP contribution in [0.15, 0.2) is 97.1 Å². The summed E-state index contributed by atoms with van der Waals surface area (Å²) in [6.07, 6.45) is 5.99. The zero-order valence-electron chi connectivity index (χ0n) is 33.6. The Balaban J connectivity index is 0.000000239. The second-order valence-corrected chi connectivity index (χ2v) is 17.3. The van der Waals surface area contributed by atoms with Crippen molar-refractivity contribution >= 4 is 11.9 Å². The van der Waals surface area contributed by atoms with Crippen LogP contribution in [0, 0.1) is 10.8 Å². The van der Waals surface area contributed by atoms with Gasteiger partial charge in [-0.1, -0.05) is 93.6 Å². The fraction of sp³-hybridized carbons (Fsp3) is 0.458. The average molecular weight is 733 g/mol. The molecule has 3 unspecified atom stereocenters. The highest BCUT2D eigenvalue weighted by atomic mass is 16.6. The van der Waals surface area contributed by atoms with E-state index in [0.717, 1.165) is 38.5 Å². The summed E-state index contributed by atoms with van der Waals surface area (Å²) in [4.78, 5) is 26.9. The van der Waals surface area contributed by atoms with E-state index in [4.69, 9.17) is 9.47 Å². The van der Waals surface area contributed by atoms with Gasteiger partial charge in [-0.3, -0.25) is 9.59 Å². The molecule has 288 valence electrons. The van der Waals surface area contributed by atoms with E-state index >= 15 is 0 Å². The third-order valence-electron chi connectivity index (χ3n) is 11.8. The minimum absolute atomic E-state index is 0.231. The molecular formula is C48H60O6. The van der Waals surface area contributed by atoms with E-state index in [-0.39, 0.29) is 11.9 Å². The summed E-state index contributed by atoms with van der Waals surface area (Å²) in [5, 5.41) is 18.7. The van der Waals surface area contributed by atoms with E-state index in [1.807, 2.05) is 90.1 Å². The van der Waals surface area contributed by atoms with Gasteiger partial charge in [0, 0.05) is 25.7 Å².